The van der Waals surface area contributed by atoms with Crippen molar-refractivity contribution in [2.75, 3.05) is 6.61 Å². The van der Waals surface area contributed by atoms with Gasteiger partial charge in [0.05, 0.1) is 0 Å². The van der Waals surface area contributed by atoms with Gasteiger partial charge in [-0.2, -0.15) is 0 Å². The molecular formula is C27H42O. The van der Waals surface area contributed by atoms with Crippen LogP contribution in [-0.4, -0.2) is 11.7 Å². The van der Waals surface area contributed by atoms with E-state index in [9.17, 15) is 0 Å². The Kier molecular flexibility index (Phi) is 12.0. The first-order chi connectivity index (χ1) is 13.9. The second-order valence-corrected chi connectivity index (χ2v) is 8.47. The van der Waals surface area contributed by atoms with E-state index in [2.05, 4.69) is 61.6 Å². The summed E-state index contributed by atoms with van der Waals surface area (Å²) in [4.78, 5) is 0. The lowest BCUT2D eigenvalue weighted by Crippen LogP contribution is -2.14. The Hall–Kier alpha value is -1.34. The summed E-state index contributed by atoms with van der Waals surface area (Å²) in [7, 11) is 0. The van der Waals surface area contributed by atoms with Crippen LogP contribution in [0.5, 0.6) is 0 Å². The van der Waals surface area contributed by atoms with Crippen LogP contribution >= 0.6 is 0 Å². The van der Waals surface area contributed by atoms with Crippen molar-refractivity contribution in [3.05, 3.63) is 60.2 Å². The van der Waals surface area contributed by atoms with E-state index < -0.39 is 0 Å². The minimum Gasteiger partial charge on any atom is -0.396 e. The van der Waals surface area contributed by atoms with Gasteiger partial charge in [-0.3, -0.25) is 0 Å². The highest BCUT2D eigenvalue weighted by atomic mass is 16.2. The van der Waals surface area contributed by atoms with Crippen molar-refractivity contribution in [3.8, 4) is 0 Å². The molecule has 156 valence electrons. The third kappa shape index (κ3) is 8.35. The zero-order valence-electron chi connectivity index (χ0n) is 18.1. The first-order valence-corrected chi connectivity index (χ1v) is 11.9. The van der Waals surface area contributed by atoms with Gasteiger partial charge in [-0.15, -0.1) is 0 Å². The number of rotatable bonds is 14. The van der Waals surface area contributed by atoms with Crippen LogP contribution in [0.2, 0.25) is 0 Å². The Morgan fingerprint density at radius 3 is 2.43 bits per heavy atom. The van der Waals surface area contributed by atoms with E-state index in [-0.39, 0.29) is 0 Å². The molecule has 0 amide bonds. The molecule has 1 aromatic carbocycles. The molecule has 1 aliphatic rings. The van der Waals surface area contributed by atoms with Gasteiger partial charge in [-0.25, -0.2) is 0 Å². The zero-order chi connectivity index (χ0) is 19.9. The highest BCUT2D eigenvalue weighted by Crippen LogP contribution is 2.43. The van der Waals surface area contributed by atoms with E-state index >= 15 is 0 Å². The lowest BCUT2D eigenvalue weighted by atomic mass is 9.79. The molecule has 0 aliphatic heterocycles. The van der Waals surface area contributed by atoms with Crippen molar-refractivity contribution in [1.82, 2.24) is 0 Å². The van der Waals surface area contributed by atoms with Crippen molar-refractivity contribution in [3.63, 3.8) is 0 Å². The number of aliphatic hydroxyl groups is 1. The molecule has 0 heterocycles. The average Bonchev–Trinajstić information content (AvgIpc) is 3.19. The molecule has 1 aliphatic carbocycles. The Morgan fingerprint density at radius 2 is 1.68 bits per heavy atom. The van der Waals surface area contributed by atoms with Gasteiger partial charge in [0.1, 0.15) is 0 Å². The summed E-state index contributed by atoms with van der Waals surface area (Å²) < 4.78 is 0. The fourth-order valence-corrected chi connectivity index (χ4v) is 4.63. The van der Waals surface area contributed by atoms with Gasteiger partial charge in [0.2, 0.25) is 0 Å². The van der Waals surface area contributed by atoms with E-state index in [1.165, 1.54) is 63.4 Å². The molecule has 1 unspecified atom stereocenters. The van der Waals surface area contributed by atoms with Gasteiger partial charge >= 0.3 is 0 Å². The monoisotopic (exact) mass is 382 g/mol. The molecule has 1 heteroatoms. The fourth-order valence-electron chi connectivity index (χ4n) is 4.63. The molecule has 1 saturated carbocycles. The largest absolute Gasteiger partial charge is 0.396 e. The summed E-state index contributed by atoms with van der Waals surface area (Å²) >= 11 is 0. The SMILES string of the molecule is CCCCCCC=C[C@H]1CCC[C@@H]1C(C=CCCCCCO)c1ccccc1. The summed E-state index contributed by atoms with van der Waals surface area (Å²) in [6, 6.07) is 11.1. The first kappa shape index (κ1) is 22.9. The number of aliphatic hydroxyl groups excluding tert-OH is 1. The number of unbranched alkanes of at least 4 members (excludes halogenated alkanes) is 7. The minimum absolute atomic E-state index is 0.324. The Morgan fingerprint density at radius 1 is 0.929 bits per heavy atom. The molecule has 0 aromatic heterocycles. The molecule has 2 rings (SSSR count). The molecule has 0 radical (unpaired) electrons. The summed E-state index contributed by atoms with van der Waals surface area (Å²) in [5, 5.41) is 8.94. The smallest absolute Gasteiger partial charge is 0.0431 e. The normalized spacial score (nSPS) is 21.1. The second kappa shape index (κ2) is 14.6. The van der Waals surface area contributed by atoms with E-state index in [0.29, 0.717) is 12.5 Å². The third-order valence-corrected chi connectivity index (χ3v) is 6.25. The van der Waals surface area contributed by atoms with Crippen LogP contribution in [0.15, 0.2) is 54.6 Å². The summed E-state index contributed by atoms with van der Waals surface area (Å²) in [6.07, 6.45) is 25.0. The molecule has 1 N–H and O–H groups in total. The number of hydrogen-bond donors (Lipinski definition) is 1. The minimum atomic E-state index is 0.324. The van der Waals surface area contributed by atoms with Crippen LogP contribution in [0.1, 0.15) is 95.5 Å². The molecule has 0 saturated heterocycles. The second-order valence-electron chi connectivity index (χ2n) is 8.47. The fraction of sp³-hybridized carbons (Fsp3) is 0.630. The Bertz CT molecular complexity index is 545. The topological polar surface area (TPSA) is 20.2 Å². The summed E-state index contributed by atoms with van der Waals surface area (Å²) in [6.45, 7) is 2.60. The van der Waals surface area contributed by atoms with Crippen molar-refractivity contribution in [2.45, 2.75) is 89.9 Å². The van der Waals surface area contributed by atoms with E-state index in [1.807, 2.05) is 0 Å². The number of allylic oxidation sites excluding steroid dienone is 4. The molecule has 28 heavy (non-hydrogen) atoms. The summed E-state index contributed by atoms with van der Waals surface area (Å²) in [5.41, 5.74) is 1.47. The van der Waals surface area contributed by atoms with Crippen molar-refractivity contribution < 1.29 is 5.11 Å². The van der Waals surface area contributed by atoms with Crippen molar-refractivity contribution >= 4 is 0 Å². The van der Waals surface area contributed by atoms with Gasteiger partial charge in [-0.05, 0) is 62.3 Å². The Balaban J connectivity index is 1.96. The maximum Gasteiger partial charge on any atom is 0.0431 e. The molecule has 0 bridgehead atoms. The van der Waals surface area contributed by atoms with Gasteiger partial charge < -0.3 is 5.11 Å². The molecule has 1 aromatic rings. The van der Waals surface area contributed by atoms with Crippen LogP contribution < -0.4 is 0 Å². The quantitative estimate of drug-likeness (QED) is 0.257. The maximum absolute atomic E-state index is 8.94. The highest BCUT2D eigenvalue weighted by molar-refractivity contribution is 5.26. The average molecular weight is 383 g/mol. The van der Waals surface area contributed by atoms with E-state index in [1.54, 1.807) is 0 Å². The van der Waals surface area contributed by atoms with Gasteiger partial charge in [0.25, 0.3) is 0 Å². The van der Waals surface area contributed by atoms with Gasteiger partial charge in [0.15, 0.2) is 0 Å². The number of benzene rings is 1. The summed E-state index contributed by atoms with van der Waals surface area (Å²) in [5.74, 6) is 2.01. The molecule has 3 atom stereocenters. The first-order valence-electron chi connectivity index (χ1n) is 11.9. The lowest BCUT2D eigenvalue weighted by molar-refractivity contribution is 0.283. The van der Waals surface area contributed by atoms with Crippen molar-refractivity contribution in [2.24, 2.45) is 11.8 Å². The van der Waals surface area contributed by atoms with Gasteiger partial charge in [0, 0.05) is 12.5 Å². The van der Waals surface area contributed by atoms with E-state index in [4.69, 9.17) is 5.11 Å². The van der Waals surface area contributed by atoms with Crippen LogP contribution in [0, 0.1) is 11.8 Å². The molecule has 0 spiro atoms. The predicted molar refractivity (Wildman–Crippen MR) is 123 cm³/mol. The van der Waals surface area contributed by atoms with Gasteiger partial charge in [-0.1, -0.05) is 93.7 Å². The highest BCUT2D eigenvalue weighted by Gasteiger charge is 2.31. The zero-order valence-corrected chi connectivity index (χ0v) is 18.1. The molecule has 1 nitrogen and oxygen atoms in total. The van der Waals surface area contributed by atoms with Crippen LogP contribution in [0.4, 0.5) is 0 Å². The van der Waals surface area contributed by atoms with Crippen molar-refractivity contribution in [1.29, 1.82) is 0 Å². The van der Waals surface area contributed by atoms with E-state index in [0.717, 1.165) is 31.1 Å². The maximum atomic E-state index is 8.94. The molecule has 1 fully saturated rings. The third-order valence-electron chi connectivity index (χ3n) is 6.25. The standard InChI is InChI=1S/C27H42O/c1-2-3-4-5-7-11-17-25-20-16-22-27(25)26(24-18-12-10-13-19-24)21-14-8-6-9-15-23-28/h10-14,17-19,21,25-28H,2-9,15-16,20,22-23H2,1H3/t25-,26?,27-/m0/s1. The van der Waals surface area contributed by atoms with Crippen LogP contribution in [0.3, 0.4) is 0 Å². The molecular weight excluding hydrogens is 340 g/mol. The lowest BCUT2D eigenvalue weighted by Gasteiger charge is -2.25. The van der Waals surface area contributed by atoms with Crippen LogP contribution in [-0.2, 0) is 0 Å². The van der Waals surface area contributed by atoms with Crippen LogP contribution in [0.25, 0.3) is 0 Å². The number of hydrogen-bond acceptors (Lipinski definition) is 1. The Labute approximate surface area is 174 Å². The predicted octanol–water partition coefficient (Wildman–Crippen LogP) is 7.82.